The van der Waals surface area contributed by atoms with Gasteiger partial charge in [-0.2, -0.15) is 5.10 Å². The van der Waals surface area contributed by atoms with Crippen LogP contribution in [-0.4, -0.2) is 40.3 Å². The topological polar surface area (TPSA) is 44.0 Å². The molecule has 1 saturated heterocycles. The summed E-state index contributed by atoms with van der Waals surface area (Å²) in [7, 11) is 0. The Morgan fingerprint density at radius 3 is 3.11 bits per heavy atom. The van der Waals surface area contributed by atoms with Crippen LogP contribution in [0.4, 0.5) is 5.69 Å². The van der Waals surface area contributed by atoms with Crippen molar-refractivity contribution in [3.63, 3.8) is 0 Å². The highest BCUT2D eigenvalue weighted by atomic mass is 15.2. The summed E-state index contributed by atoms with van der Waals surface area (Å²) >= 11 is 0. The van der Waals surface area contributed by atoms with E-state index in [0.717, 1.165) is 12.1 Å². The van der Waals surface area contributed by atoms with Gasteiger partial charge < -0.3 is 5.32 Å². The molecular weight excluding hydrogens is 224 g/mol. The number of fused-ring (bicyclic) bond motifs is 1. The van der Waals surface area contributed by atoms with Crippen LogP contribution in [0.15, 0.2) is 24.4 Å². The Bertz CT molecular complexity index is 531. The van der Waals surface area contributed by atoms with E-state index in [1.54, 1.807) is 0 Å². The maximum atomic E-state index is 4.05. The van der Waals surface area contributed by atoms with Crippen molar-refractivity contribution in [1.82, 2.24) is 15.1 Å². The number of rotatable bonds is 3. The predicted molar refractivity (Wildman–Crippen MR) is 74.8 cm³/mol. The summed E-state index contributed by atoms with van der Waals surface area (Å²) < 4.78 is 0. The van der Waals surface area contributed by atoms with Gasteiger partial charge in [-0.25, -0.2) is 0 Å². The van der Waals surface area contributed by atoms with Gasteiger partial charge in [-0.15, -0.1) is 0 Å². The van der Waals surface area contributed by atoms with Gasteiger partial charge in [0.1, 0.15) is 0 Å². The smallest absolute Gasteiger partial charge is 0.0651 e. The first-order valence-electron chi connectivity index (χ1n) is 6.66. The first-order chi connectivity index (χ1) is 8.72. The Morgan fingerprint density at radius 2 is 2.33 bits per heavy atom. The van der Waals surface area contributed by atoms with Gasteiger partial charge in [0.2, 0.25) is 0 Å². The number of likely N-dealkylation sites (tertiary alicyclic amines) is 1. The van der Waals surface area contributed by atoms with Gasteiger partial charge in [-0.05, 0) is 38.5 Å². The summed E-state index contributed by atoms with van der Waals surface area (Å²) in [6.07, 6.45) is 3.09. The highest BCUT2D eigenvalue weighted by molar-refractivity contribution is 5.81. The Balaban J connectivity index is 1.69. The molecule has 1 unspecified atom stereocenters. The lowest BCUT2D eigenvalue weighted by atomic mass is 10.2. The molecule has 4 heteroatoms. The molecule has 1 aliphatic rings. The minimum atomic E-state index is 0.566. The standard InChI is InChI=1S/C14H20N4/c1-10(2)18-6-5-13(9-18)16-12-3-4-14-11(7-12)8-15-17-14/h3-4,7-8,10,13,16H,5-6,9H2,1-2H3,(H,15,17). The Hall–Kier alpha value is -1.55. The number of anilines is 1. The van der Waals surface area contributed by atoms with Gasteiger partial charge in [0, 0.05) is 36.2 Å². The molecule has 96 valence electrons. The van der Waals surface area contributed by atoms with Gasteiger partial charge in [-0.1, -0.05) is 0 Å². The fraction of sp³-hybridized carbons (Fsp3) is 0.500. The number of aromatic amines is 1. The highest BCUT2D eigenvalue weighted by Gasteiger charge is 2.23. The van der Waals surface area contributed by atoms with E-state index in [9.17, 15) is 0 Å². The van der Waals surface area contributed by atoms with Crippen molar-refractivity contribution < 1.29 is 0 Å². The Morgan fingerprint density at radius 1 is 1.44 bits per heavy atom. The maximum Gasteiger partial charge on any atom is 0.0651 e. The number of hydrogen-bond donors (Lipinski definition) is 2. The van der Waals surface area contributed by atoms with Gasteiger partial charge in [-0.3, -0.25) is 10.00 Å². The lowest BCUT2D eigenvalue weighted by molar-refractivity contribution is 0.274. The van der Waals surface area contributed by atoms with Gasteiger partial charge >= 0.3 is 0 Å². The molecule has 1 fully saturated rings. The molecule has 1 aliphatic heterocycles. The molecule has 1 atom stereocenters. The monoisotopic (exact) mass is 244 g/mol. The average Bonchev–Trinajstić information content (AvgIpc) is 2.96. The number of hydrogen-bond acceptors (Lipinski definition) is 3. The average molecular weight is 244 g/mol. The minimum Gasteiger partial charge on any atom is -0.381 e. The minimum absolute atomic E-state index is 0.566. The van der Waals surface area contributed by atoms with Gasteiger partial charge in [0.05, 0.1) is 11.7 Å². The van der Waals surface area contributed by atoms with Gasteiger partial charge in [0.15, 0.2) is 0 Å². The molecule has 2 heterocycles. The second-order valence-electron chi connectivity index (χ2n) is 5.39. The second kappa shape index (κ2) is 4.61. The molecule has 1 aromatic carbocycles. The lowest BCUT2D eigenvalue weighted by Crippen LogP contribution is -2.31. The van der Waals surface area contributed by atoms with E-state index in [2.05, 4.69) is 52.5 Å². The van der Waals surface area contributed by atoms with Crippen molar-refractivity contribution in [2.75, 3.05) is 18.4 Å². The summed E-state index contributed by atoms with van der Waals surface area (Å²) in [6.45, 7) is 6.87. The number of benzene rings is 1. The van der Waals surface area contributed by atoms with Crippen LogP contribution in [0.1, 0.15) is 20.3 Å². The largest absolute Gasteiger partial charge is 0.381 e. The van der Waals surface area contributed by atoms with Crippen molar-refractivity contribution >= 4 is 16.6 Å². The zero-order valence-corrected chi connectivity index (χ0v) is 11.0. The van der Waals surface area contributed by atoms with Crippen LogP contribution in [-0.2, 0) is 0 Å². The van der Waals surface area contributed by atoms with Crippen LogP contribution in [0.3, 0.4) is 0 Å². The molecule has 0 amide bonds. The molecule has 0 saturated carbocycles. The molecule has 0 bridgehead atoms. The lowest BCUT2D eigenvalue weighted by Gasteiger charge is -2.20. The van der Waals surface area contributed by atoms with Crippen LogP contribution in [0.2, 0.25) is 0 Å². The molecule has 4 nitrogen and oxygen atoms in total. The van der Waals surface area contributed by atoms with Crippen molar-refractivity contribution in [1.29, 1.82) is 0 Å². The number of aromatic nitrogens is 2. The van der Waals surface area contributed by atoms with E-state index in [4.69, 9.17) is 0 Å². The molecule has 1 aromatic heterocycles. The first-order valence-corrected chi connectivity index (χ1v) is 6.66. The van der Waals surface area contributed by atoms with Crippen LogP contribution in [0, 0.1) is 0 Å². The normalized spacial score (nSPS) is 20.9. The maximum absolute atomic E-state index is 4.05. The van der Waals surface area contributed by atoms with Crippen molar-refractivity contribution in [3.8, 4) is 0 Å². The zero-order chi connectivity index (χ0) is 12.5. The number of H-pyrrole nitrogens is 1. The summed E-state index contributed by atoms with van der Waals surface area (Å²) in [4.78, 5) is 2.52. The third kappa shape index (κ3) is 2.20. The summed E-state index contributed by atoms with van der Waals surface area (Å²) in [5.74, 6) is 0. The molecule has 2 N–H and O–H groups in total. The second-order valence-corrected chi connectivity index (χ2v) is 5.39. The molecular formula is C14H20N4. The molecule has 2 aromatic rings. The Labute approximate surface area is 107 Å². The predicted octanol–water partition coefficient (Wildman–Crippen LogP) is 2.46. The molecule has 0 aliphatic carbocycles. The van der Waals surface area contributed by atoms with E-state index in [1.165, 1.54) is 24.0 Å². The first kappa shape index (κ1) is 11.5. The van der Waals surface area contributed by atoms with Crippen molar-refractivity contribution in [2.45, 2.75) is 32.4 Å². The van der Waals surface area contributed by atoms with Crippen molar-refractivity contribution in [3.05, 3.63) is 24.4 Å². The van der Waals surface area contributed by atoms with Crippen LogP contribution in [0.25, 0.3) is 10.9 Å². The fourth-order valence-corrected chi connectivity index (χ4v) is 2.64. The molecule has 0 radical (unpaired) electrons. The van der Waals surface area contributed by atoms with Gasteiger partial charge in [0.25, 0.3) is 0 Å². The fourth-order valence-electron chi connectivity index (χ4n) is 2.64. The quantitative estimate of drug-likeness (QED) is 0.871. The zero-order valence-electron chi connectivity index (χ0n) is 11.0. The van der Waals surface area contributed by atoms with Crippen LogP contribution in [0.5, 0.6) is 0 Å². The Kier molecular flexibility index (Phi) is 2.96. The SMILES string of the molecule is CC(C)N1CCC(Nc2ccc3[nH]ncc3c2)C1. The van der Waals surface area contributed by atoms with E-state index >= 15 is 0 Å². The molecule has 3 rings (SSSR count). The highest BCUT2D eigenvalue weighted by Crippen LogP contribution is 2.21. The summed E-state index contributed by atoms with van der Waals surface area (Å²) in [5, 5.41) is 11.8. The number of nitrogens with one attached hydrogen (secondary N) is 2. The van der Waals surface area contributed by atoms with E-state index in [-0.39, 0.29) is 0 Å². The van der Waals surface area contributed by atoms with Crippen LogP contribution >= 0.6 is 0 Å². The van der Waals surface area contributed by atoms with E-state index < -0.39 is 0 Å². The summed E-state index contributed by atoms with van der Waals surface area (Å²) in [5.41, 5.74) is 2.29. The van der Waals surface area contributed by atoms with Crippen molar-refractivity contribution in [2.24, 2.45) is 0 Å². The number of nitrogens with zero attached hydrogens (tertiary/aromatic N) is 2. The third-order valence-corrected chi connectivity index (χ3v) is 3.76. The van der Waals surface area contributed by atoms with E-state index in [0.29, 0.717) is 12.1 Å². The van der Waals surface area contributed by atoms with E-state index in [1.807, 2.05) is 6.20 Å². The molecule has 0 spiro atoms. The summed E-state index contributed by atoms with van der Waals surface area (Å²) in [6, 6.07) is 7.58. The molecule has 18 heavy (non-hydrogen) atoms. The van der Waals surface area contributed by atoms with Crippen LogP contribution < -0.4 is 5.32 Å². The third-order valence-electron chi connectivity index (χ3n) is 3.76.